The van der Waals surface area contributed by atoms with E-state index in [1.165, 1.54) is 39.8 Å². The van der Waals surface area contributed by atoms with E-state index in [0.717, 1.165) is 13.1 Å². The maximum atomic E-state index is 3.51. The Kier molecular flexibility index (Phi) is 4.97. The summed E-state index contributed by atoms with van der Waals surface area (Å²) in [5.41, 5.74) is 8.22. The molecule has 1 heteroatoms. The predicted octanol–water partition coefficient (Wildman–Crippen LogP) is 4.78. The van der Waals surface area contributed by atoms with Crippen molar-refractivity contribution in [1.29, 1.82) is 0 Å². The summed E-state index contributed by atoms with van der Waals surface area (Å²) in [4.78, 5) is 0. The Morgan fingerprint density at radius 3 is 2.25 bits per heavy atom. The zero-order valence-electron chi connectivity index (χ0n) is 13.1. The highest BCUT2D eigenvalue weighted by atomic mass is 14.8. The molecule has 0 aliphatic rings. The van der Waals surface area contributed by atoms with E-state index in [-0.39, 0.29) is 0 Å². The molecule has 0 saturated heterocycles. The Hall–Kier alpha value is -1.60. The van der Waals surface area contributed by atoms with E-state index in [9.17, 15) is 0 Å². The highest BCUT2D eigenvalue weighted by molar-refractivity contribution is 5.74. The van der Waals surface area contributed by atoms with Crippen LogP contribution in [0.25, 0.3) is 11.1 Å². The highest BCUT2D eigenvalue weighted by Gasteiger charge is 2.10. The lowest BCUT2D eigenvalue weighted by molar-refractivity contribution is 0.676. The largest absolute Gasteiger partial charge is 0.313 e. The average Bonchev–Trinajstić information content (AvgIpc) is 2.39. The lowest BCUT2D eigenvalue weighted by Gasteiger charge is -2.16. The second kappa shape index (κ2) is 6.71. The third kappa shape index (κ3) is 3.29. The number of rotatable bonds is 5. The van der Waals surface area contributed by atoms with Crippen molar-refractivity contribution in [3.63, 3.8) is 0 Å². The Balaban J connectivity index is 2.42. The fourth-order valence-corrected chi connectivity index (χ4v) is 2.92. The molecular formula is C19H25N. The summed E-state index contributed by atoms with van der Waals surface area (Å²) in [6.07, 6.45) is 1.17. The number of aryl methyl sites for hydroxylation is 3. The van der Waals surface area contributed by atoms with Gasteiger partial charge < -0.3 is 5.32 Å². The van der Waals surface area contributed by atoms with Crippen molar-refractivity contribution in [1.82, 2.24) is 5.32 Å². The van der Waals surface area contributed by atoms with Gasteiger partial charge >= 0.3 is 0 Å². The Bertz CT molecular complexity index is 561. The minimum atomic E-state index is 0.941. The van der Waals surface area contributed by atoms with Crippen LogP contribution in [0.15, 0.2) is 36.4 Å². The maximum Gasteiger partial charge on any atom is 0.0211 e. The number of nitrogens with one attached hydrogen (secondary N) is 1. The molecule has 1 nitrogen and oxygen atoms in total. The minimum Gasteiger partial charge on any atom is -0.313 e. The Morgan fingerprint density at radius 2 is 1.60 bits per heavy atom. The second-order valence-corrected chi connectivity index (χ2v) is 5.61. The molecule has 0 aromatic heterocycles. The van der Waals surface area contributed by atoms with Crippen LogP contribution >= 0.6 is 0 Å². The first-order chi connectivity index (χ1) is 9.63. The molecule has 0 fully saturated rings. The summed E-state index contributed by atoms with van der Waals surface area (Å²) < 4.78 is 0. The van der Waals surface area contributed by atoms with E-state index >= 15 is 0 Å². The van der Waals surface area contributed by atoms with E-state index in [0.29, 0.717) is 0 Å². The Morgan fingerprint density at radius 1 is 0.950 bits per heavy atom. The van der Waals surface area contributed by atoms with Gasteiger partial charge in [-0.05, 0) is 61.6 Å². The summed E-state index contributed by atoms with van der Waals surface area (Å²) in [7, 11) is 0. The number of benzene rings is 2. The molecule has 2 aromatic rings. The smallest absolute Gasteiger partial charge is 0.0211 e. The zero-order chi connectivity index (χ0) is 14.5. The summed E-state index contributed by atoms with van der Waals surface area (Å²) in [5.74, 6) is 0. The predicted molar refractivity (Wildman–Crippen MR) is 88.1 cm³/mol. The zero-order valence-corrected chi connectivity index (χ0v) is 13.1. The van der Waals surface area contributed by atoms with Gasteiger partial charge in [0.15, 0.2) is 0 Å². The van der Waals surface area contributed by atoms with Gasteiger partial charge in [0.2, 0.25) is 0 Å². The molecule has 0 unspecified atom stereocenters. The van der Waals surface area contributed by atoms with Crippen LogP contribution in [-0.4, -0.2) is 6.54 Å². The molecule has 0 atom stereocenters. The van der Waals surface area contributed by atoms with Gasteiger partial charge in [-0.25, -0.2) is 0 Å². The van der Waals surface area contributed by atoms with Crippen molar-refractivity contribution in [2.45, 2.75) is 40.7 Å². The van der Waals surface area contributed by atoms with E-state index < -0.39 is 0 Å². The van der Waals surface area contributed by atoms with Crippen molar-refractivity contribution < 1.29 is 0 Å². The first-order valence-corrected chi connectivity index (χ1v) is 7.50. The molecule has 106 valence electrons. The van der Waals surface area contributed by atoms with Crippen molar-refractivity contribution in [2.75, 3.05) is 6.54 Å². The minimum absolute atomic E-state index is 0.941. The van der Waals surface area contributed by atoms with E-state index in [1.54, 1.807) is 0 Å². The molecule has 0 amide bonds. The molecular weight excluding hydrogens is 242 g/mol. The summed E-state index contributed by atoms with van der Waals surface area (Å²) in [5, 5.41) is 3.51. The van der Waals surface area contributed by atoms with Gasteiger partial charge in [-0.15, -0.1) is 0 Å². The maximum absolute atomic E-state index is 3.51. The molecule has 0 aliphatic heterocycles. The highest BCUT2D eigenvalue weighted by Crippen LogP contribution is 2.31. The molecule has 0 aliphatic carbocycles. The van der Waals surface area contributed by atoms with Crippen molar-refractivity contribution in [2.24, 2.45) is 0 Å². The lowest BCUT2D eigenvalue weighted by Crippen LogP contribution is -2.14. The van der Waals surface area contributed by atoms with Crippen LogP contribution in [0.4, 0.5) is 0 Å². The van der Waals surface area contributed by atoms with Gasteiger partial charge in [0, 0.05) is 6.54 Å². The molecule has 0 saturated carbocycles. The van der Waals surface area contributed by atoms with E-state index in [2.05, 4.69) is 69.4 Å². The van der Waals surface area contributed by atoms with Crippen LogP contribution in [0.1, 0.15) is 35.6 Å². The summed E-state index contributed by atoms with van der Waals surface area (Å²) >= 11 is 0. The summed E-state index contributed by atoms with van der Waals surface area (Å²) in [6.45, 7) is 10.8. The van der Waals surface area contributed by atoms with Gasteiger partial charge in [0.1, 0.15) is 0 Å². The molecule has 20 heavy (non-hydrogen) atoms. The monoisotopic (exact) mass is 267 g/mol. The van der Waals surface area contributed by atoms with E-state index in [1.807, 2.05) is 0 Å². The van der Waals surface area contributed by atoms with Crippen LogP contribution in [0.3, 0.4) is 0 Å². The molecule has 2 aromatic carbocycles. The average molecular weight is 267 g/mol. The molecule has 0 radical (unpaired) electrons. The van der Waals surface area contributed by atoms with Gasteiger partial charge in [-0.2, -0.15) is 0 Å². The summed E-state index contributed by atoms with van der Waals surface area (Å²) in [6, 6.07) is 13.3. The number of hydrogen-bond donors (Lipinski definition) is 1. The van der Waals surface area contributed by atoms with Gasteiger partial charge in [-0.3, -0.25) is 0 Å². The lowest BCUT2D eigenvalue weighted by atomic mass is 9.91. The van der Waals surface area contributed by atoms with Crippen LogP contribution in [0, 0.1) is 20.8 Å². The standard InChI is InChI=1S/C19H25N/c1-5-10-20-13-17-8-6-7-9-18(17)19-15(3)11-14(2)12-16(19)4/h6-9,11-12,20H,5,10,13H2,1-4H3. The first kappa shape index (κ1) is 14.8. The third-order valence-electron chi connectivity index (χ3n) is 3.71. The van der Waals surface area contributed by atoms with Gasteiger partial charge in [0.25, 0.3) is 0 Å². The van der Waals surface area contributed by atoms with Crippen molar-refractivity contribution in [3.8, 4) is 11.1 Å². The van der Waals surface area contributed by atoms with Crippen LogP contribution in [0.2, 0.25) is 0 Å². The topological polar surface area (TPSA) is 12.0 Å². The van der Waals surface area contributed by atoms with Crippen LogP contribution in [-0.2, 0) is 6.54 Å². The fourth-order valence-electron chi connectivity index (χ4n) is 2.92. The third-order valence-corrected chi connectivity index (χ3v) is 3.71. The molecule has 2 rings (SSSR count). The molecule has 1 N–H and O–H groups in total. The van der Waals surface area contributed by atoms with Crippen LogP contribution in [0.5, 0.6) is 0 Å². The molecule has 0 bridgehead atoms. The van der Waals surface area contributed by atoms with Crippen molar-refractivity contribution >= 4 is 0 Å². The first-order valence-electron chi connectivity index (χ1n) is 7.50. The normalized spacial score (nSPS) is 10.8. The van der Waals surface area contributed by atoms with Gasteiger partial charge in [0.05, 0.1) is 0 Å². The van der Waals surface area contributed by atoms with Gasteiger partial charge in [-0.1, -0.05) is 48.9 Å². The number of hydrogen-bond acceptors (Lipinski definition) is 1. The van der Waals surface area contributed by atoms with E-state index in [4.69, 9.17) is 0 Å². The second-order valence-electron chi connectivity index (χ2n) is 5.61. The SMILES string of the molecule is CCCNCc1ccccc1-c1c(C)cc(C)cc1C. The fraction of sp³-hybridized carbons (Fsp3) is 0.368. The Labute approximate surface area is 123 Å². The van der Waals surface area contributed by atoms with Crippen molar-refractivity contribution in [3.05, 3.63) is 58.7 Å². The molecule has 0 heterocycles. The van der Waals surface area contributed by atoms with Crippen LogP contribution < -0.4 is 5.32 Å². The quantitative estimate of drug-likeness (QED) is 0.769. The molecule has 0 spiro atoms.